The van der Waals surface area contributed by atoms with Gasteiger partial charge in [-0.15, -0.1) is 0 Å². The van der Waals surface area contributed by atoms with Gasteiger partial charge in [0.2, 0.25) is 0 Å². The van der Waals surface area contributed by atoms with Gasteiger partial charge in [0.25, 0.3) is 0 Å². The lowest BCUT2D eigenvalue weighted by molar-refractivity contribution is -0.143. The number of halogens is 6. The second-order valence-electron chi connectivity index (χ2n) is 7.92. The lowest BCUT2D eigenvalue weighted by Gasteiger charge is -2.16. The van der Waals surface area contributed by atoms with Crippen LogP contribution in [-0.2, 0) is 21.8 Å². The number of hydrogen-bond acceptors (Lipinski definition) is 6. The fourth-order valence-electron chi connectivity index (χ4n) is 3.36. The zero-order chi connectivity index (χ0) is 31.0. The number of amides is 2. The standard InChI is InChI=1S/C25H18F6N2O5.C2H3N/c1-37-21(34)14-5-3-13(4-6-14)19-8-7-15(22(35)38-2)9-20(19)33-23(36)32-18-11-16(24(26,27)28)10-17(12-18)25(29,30)31;1-2-3/h3-12H,1-2H3,(H2,32,33,36);1H3. The maximum Gasteiger partial charge on any atom is 0.416 e. The number of anilines is 2. The van der Waals surface area contributed by atoms with Crippen LogP contribution in [0.15, 0.2) is 60.7 Å². The van der Waals surface area contributed by atoms with E-state index in [1.807, 2.05) is 5.32 Å². The van der Waals surface area contributed by atoms with Gasteiger partial charge in [0.05, 0.1) is 48.2 Å². The van der Waals surface area contributed by atoms with Crippen molar-refractivity contribution in [1.82, 2.24) is 0 Å². The molecule has 0 aliphatic rings. The zero-order valence-electron chi connectivity index (χ0n) is 21.5. The highest BCUT2D eigenvalue weighted by molar-refractivity contribution is 6.04. The molecule has 0 radical (unpaired) electrons. The molecule has 8 nitrogen and oxygen atoms in total. The number of carbonyl (C=O) groups excluding carboxylic acids is 3. The molecule has 0 bridgehead atoms. The fraction of sp³-hybridized carbons (Fsp3) is 0.185. The second-order valence-corrected chi connectivity index (χ2v) is 7.92. The van der Waals surface area contributed by atoms with E-state index in [0.717, 1.165) is 7.11 Å². The Morgan fingerprint density at radius 2 is 1.20 bits per heavy atom. The van der Waals surface area contributed by atoms with Crippen LogP contribution in [0.5, 0.6) is 0 Å². The lowest BCUT2D eigenvalue weighted by atomic mass is 10.00. The number of benzene rings is 3. The molecule has 216 valence electrons. The van der Waals surface area contributed by atoms with E-state index in [1.165, 1.54) is 56.5 Å². The molecule has 0 saturated heterocycles. The summed E-state index contributed by atoms with van der Waals surface area (Å²) >= 11 is 0. The summed E-state index contributed by atoms with van der Waals surface area (Å²) in [6.45, 7) is 1.43. The molecule has 0 fully saturated rings. The van der Waals surface area contributed by atoms with Crippen LogP contribution in [0.1, 0.15) is 38.8 Å². The molecule has 0 spiro atoms. The van der Waals surface area contributed by atoms with Crippen LogP contribution < -0.4 is 10.6 Å². The monoisotopic (exact) mass is 581 g/mol. The van der Waals surface area contributed by atoms with E-state index in [0.29, 0.717) is 23.3 Å². The van der Waals surface area contributed by atoms with Crippen molar-refractivity contribution in [3.63, 3.8) is 0 Å². The summed E-state index contributed by atoms with van der Waals surface area (Å²) in [6, 6.07) is 11.1. The number of carbonyl (C=O) groups is 3. The van der Waals surface area contributed by atoms with Crippen molar-refractivity contribution in [1.29, 1.82) is 5.26 Å². The Labute approximate surface area is 229 Å². The second kappa shape index (κ2) is 13.3. The minimum Gasteiger partial charge on any atom is -0.465 e. The first-order chi connectivity index (χ1) is 19.1. The van der Waals surface area contributed by atoms with Gasteiger partial charge in [0.15, 0.2) is 0 Å². The van der Waals surface area contributed by atoms with Crippen LogP contribution in [0, 0.1) is 11.3 Å². The summed E-state index contributed by atoms with van der Waals surface area (Å²) in [6.07, 6.45) is -10.2. The van der Waals surface area contributed by atoms with Gasteiger partial charge in [-0.2, -0.15) is 31.6 Å². The Kier molecular flexibility index (Phi) is 10.5. The smallest absolute Gasteiger partial charge is 0.416 e. The topological polar surface area (TPSA) is 118 Å². The predicted molar refractivity (Wildman–Crippen MR) is 135 cm³/mol. The summed E-state index contributed by atoms with van der Waals surface area (Å²) < 4.78 is 88.2. The van der Waals surface area contributed by atoms with Crippen LogP contribution in [0.2, 0.25) is 0 Å². The average Bonchev–Trinajstić information content (AvgIpc) is 2.91. The van der Waals surface area contributed by atoms with Gasteiger partial charge >= 0.3 is 30.3 Å². The summed E-state index contributed by atoms with van der Waals surface area (Å²) in [5.41, 5.74) is -3.04. The number of rotatable bonds is 5. The van der Waals surface area contributed by atoms with Crippen LogP contribution in [-0.4, -0.2) is 32.2 Å². The van der Waals surface area contributed by atoms with Crippen molar-refractivity contribution in [3.8, 4) is 17.2 Å². The van der Waals surface area contributed by atoms with Crippen LogP contribution in [0.25, 0.3) is 11.1 Å². The largest absolute Gasteiger partial charge is 0.465 e. The van der Waals surface area contributed by atoms with Crippen LogP contribution in [0.3, 0.4) is 0 Å². The molecule has 3 rings (SSSR count). The highest BCUT2D eigenvalue weighted by Gasteiger charge is 2.37. The number of urea groups is 1. The average molecular weight is 581 g/mol. The van der Waals surface area contributed by atoms with E-state index < -0.39 is 47.1 Å². The van der Waals surface area contributed by atoms with E-state index in [9.17, 15) is 40.7 Å². The van der Waals surface area contributed by atoms with Crippen molar-refractivity contribution in [2.75, 3.05) is 24.9 Å². The number of nitriles is 1. The van der Waals surface area contributed by atoms with Crippen molar-refractivity contribution < 1.29 is 50.2 Å². The zero-order valence-corrected chi connectivity index (χ0v) is 21.5. The van der Waals surface area contributed by atoms with Crippen molar-refractivity contribution in [3.05, 3.63) is 82.9 Å². The molecule has 0 aliphatic carbocycles. The highest BCUT2D eigenvalue weighted by atomic mass is 19.4. The number of hydrogen-bond donors (Lipinski definition) is 2. The maximum atomic E-state index is 13.1. The minimum atomic E-state index is -5.10. The van der Waals surface area contributed by atoms with Crippen LogP contribution in [0.4, 0.5) is 42.5 Å². The van der Waals surface area contributed by atoms with Gasteiger partial charge < -0.3 is 20.1 Å². The third-order valence-corrected chi connectivity index (χ3v) is 5.15. The SMILES string of the molecule is CC#N.COC(=O)c1ccc(-c2ccc(C(=O)OC)cc2NC(=O)Nc2cc(C(F)(F)F)cc(C(F)(F)F)c2)cc1. The Morgan fingerprint density at radius 1 is 0.732 bits per heavy atom. The molecule has 0 saturated carbocycles. The van der Waals surface area contributed by atoms with Gasteiger partial charge in [-0.1, -0.05) is 18.2 Å². The Morgan fingerprint density at radius 3 is 1.66 bits per heavy atom. The molecule has 0 atom stereocenters. The van der Waals surface area contributed by atoms with E-state index >= 15 is 0 Å². The molecule has 0 aromatic heterocycles. The van der Waals surface area contributed by atoms with Gasteiger partial charge in [-0.25, -0.2) is 14.4 Å². The van der Waals surface area contributed by atoms with E-state index in [-0.39, 0.29) is 22.9 Å². The molecule has 0 heterocycles. The van der Waals surface area contributed by atoms with E-state index in [2.05, 4.69) is 14.8 Å². The number of nitrogens with zero attached hydrogens (tertiary/aromatic N) is 1. The number of esters is 2. The predicted octanol–water partition coefficient (Wildman–Crippen LogP) is 7.14. The van der Waals surface area contributed by atoms with Crippen LogP contribution >= 0.6 is 0 Å². The van der Waals surface area contributed by atoms with E-state index in [4.69, 9.17) is 5.26 Å². The first-order valence-electron chi connectivity index (χ1n) is 11.2. The first kappa shape index (κ1) is 32.2. The van der Waals surface area contributed by atoms with Crippen molar-refractivity contribution >= 4 is 29.3 Å². The minimum absolute atomic E-state index is 0.00356. The van der Waals surface area contributed by atoms with Crippen molar-refractivity contribution in [2.45, 2.75) is 19.3 Å². The molecular weight excluding hydrogens is 560 g/mol. The van der Waals surface area contributed by atoms with Gasteiger partial charge in [-0.05, 0) is 48.0 Å². The molecule has 0 aliphatic heterocycles. The number of nitrogens with one attached hydrogen (secondary N) is 2. The van der Waals surface area contributed by atoms with Gasteiger partial charge in [0, 0.05) is 18.2 Å². The number of alkyl halides is 6. The quantitative estimate of drug-likeness (QED) is 0.244. The molecular formula is C27H21F6N3O5. The molecule has 2 N–H and O–H groups in total. The third kappa shape index (κ3) is 8.72. The number of methoxy groups -OCH3 is 2. The Bertz CT molecular complexity index is 1430. The highest BCUT2D eigenvalue weighted by Crippen LogP contribution is 2.38. The lowest BCUT2D eigenvalue weighted by Crippen LogP contribution is -2.21. The summed E-state index contributed by atoms with van der Waals surface area (Å²) in [5, 5.41) is 11.6. The number of ether oxygens (including phenoxy) is 2. The summed E-state index contributed by atoms with van der Waals surface area (Å²) in [7, 11) is 2.32. The molecule has 3 aromatic rings. The summed E-state index contributed by atoms with van der Waals surface area (Å²) in [4.78, 5) is 36.3. The summed E-state index contributed by atoms with van der Waals surface area (Å²) in [5.74, 6) is -1.37. The molecule has 3 aromatic carbocycles. The molecule has 2 amide bonds. The Balaban J connectivity index is 0.00000187. The molecule has 0 unspecified atom stereocenters. The third-order valence-electron chi connectivity index (χ3n) is 5.15. The van der Waals surface area contributed by atoms with E-state index in [1.54, 1.807) is 6.07 Å². The normalized spacial score (nSPS) is 10.8. The molecule has 41 heavy (non-hydrogen) atoms. The van der Waals surface area contributed by atoms with Gasteiger partial charge in [-0.3, -0.25) is 0 Å². The Hall–Kier alpha value is -5.06. The first-order valence-corrected chi connectivity index (χ1v) is 11.2. The van der Waals surface area contributed by atoms with Crippen molar-refractivity contribution in [2.24, 2.45) is 0 Å². The maximum absolute atomic E-state index is 13.1. The molecule has 14 heteroatoms. The van der Waals surface area contributed by atoms with Gasteiger partial charge in [0.1, 0.15) is 0 Å². The fourth-order valence-corrected chi connectivity index (χ4v) is 3.36.